The highest BCUT2D eigenvalue weighted by Gasteiger charge is 1.07. The number of hydrogen-bond acceptors (Lipinski definition) is 2. The molecule has 0 aromatic rings. The molecule has 0 unspecified atom stereocenters. The molecule has 1 nitrogen and oxygen atoms in total. The molecule has 0 bridgehead atoms. The van der Waals surface area contributed by atoms with Gasteiger partial charge in [0.15, 0.2) is 0 Å². The summed E-state index contributed by atoms with van der Waals surface area (Å²) >= 11 is 3.59. The smallest absolute Gasteiger partial charge is 0.202 e. The number of rotatable bonds is 0. The van der Waals surface area contributed by atoms with Crippen molar-refractivity contribution in [2.24, 2.45) is 0 Å². The topological polar surface area (TPSA) is 17.1 Å². The van der Waals surface area contributed by atoms with Crippen molar-refractivity contribution >= 4 is 17.5 Å². The Morgan fingerprint density at radius 3 is 1.75 bits per heavy atom. The summed E-state index contributed by atoms with van der Waals surface area (Å²) in [5.41, 5.74) is 0. The van der Waals surface area contributed by atoms with E-state index in [1.807, 2.05) is 0 Å². The summed E-state index contributed by atoms with van der Waals surface area (Å²) in [6.45, 7) is 0. The predicted molar refractivity (Wildman–Crippen MR) is 20.0 cm³/mol. The zero-order chi connectivity index (χ0) is 2.71. The molecule has 0 heterocycles. The van der Waals surface area contributed by atoms with Crippen molar-refractivity contribution in [2.75, 3.05) is 0 Å². The van der Waals surface area contributed by atoms with E-state index in [-0.39, 0.29) is 7.43 Å². The lowest BCUT2D eigenvalue weighted by Gasteiger charge is -0.970. The van der Waals surface area contributed by atoms with Crippen molar-refractivity contribution in [3.63, 3.8) is 0 Å². The number of carbonyl (C=O) groups excluding carboxylic acids is 1. The third kappa shape index (κ3) is 28.8. The van der Waals surface area contributed by atoms with Crippen LogP contribution in [0, 0.1) is 0 Å². The quantitative estimate of drug-likeness (QED) is 0.398. The van der Waals surface area contributed by atoms with Crippen molar-refractivity contribution in [2.45, 2.75) is 7.43 Å². The summed E-state index contributed by atoms with van der Waals surface area (Å²) in [6.07, 6.45) is 0. The van der Waals surface area contributed by atoms with Gasteiger partial charge in [0.05, 0.1) is 0 Å². The van der Waals surface area contributed by atoms with Gasteiger partial charge >= 0.3 is 0 Å². The van der Waals surface area contributed by atoms with Crippen molar-refractivity contribution in [3.05, 3.63) is 0 Å². The van der Waals surface area contributed by atoms with Crippen LogP contribution in [0.1, 0.15) is 7.43 Å². The molecule has 0 spiro atoms. The van der Waals surface area contributed by atoms with Crippen molar-refractivity contribution < 1.29 is 4.79 Å². The van der Waals surface area contributed by atoms with Gasteiger partial charge in [-0.25, -0.2) is 4.79 Å². The van der Waals surface area contributed by atoms with Crippen LogP contribution in [0.2, 0.25) is 0 Å². The highest BCUT2D eigenvalue weighted by Crippen LogP contribution is 1.14. The predicted octanol–water partition coefficient (Wildman–Crippen LogP) is 0.887. The molecule has 0 radical (unpaired) electrons. The summed E-state index contributed by atoms with van der Waals surface area (Å²) in [5.74, 6) is 0. The lowest BCUT2D eigenvalue weighted by molar-refractivity contribution is 0.572. The van der Waals surface area contributed by atoms with E-state index in [0.29, 0.717) is 0 Å². The summed E-state index contributed by atoms with van der Waals surface area (Å²) in [7, 11) is 0. The maximum atomic E-state index is 8.50. The summed E-state index contributed by atoms with van der Waals surface area (Å²) in [6, 6.07) is 0. The van der Waals surface area contributed by atoms with Crippen LogP contribution in [-0.4, -0.2) is 5.23 Å². The van der Waals surface area contributed by atoms with Gasteiger partial charge in [0.2, 0.25) is 5.23 Å². The molecule has 0 amide bonds. The third-order valence-electron chi connectivity index (χ3n) is 0. The van der Waals surface area contributed by atoms with Crippen LogP contribution < -0.4 is 0 Å². The first-order chi connectivity index (χ1) is 1.41. The van der Waals surface area contributed by atoms with E-state index in [1.54, 1.807) is 0 Å². The molecule has 0 aromatic carbocycles. The molecule has 0 saturated heterocycles. The SMILES string of the molecule is C.O=C=S. The van der Waals surface area contributed by atoms with E-state index in [9.17, 15) is 0 Å². The van der Waals surface area contributed by atoms with E-state index in [2.05, 4.69) is 12.2 Å². The Morgan fingerprint density at radius 2 is 1.75 bits per heavy atom. The molecule has 0 saturated carbocycles. The van der Waals surface area contributed by atoms with Crippen molar-refractivity contribution in [1.29, 1.82) is 0 Å². The van der Waals surface area contributed by atoms with E-state index >= 15 is 0 Å². The second-order valence-electron chi connectivity index (χ2n) is 0.0833. The Labute approximate surface area is 30.6 Å². The van der Waals surface area contributed by atoms with Crippen LogP contribution in [0.25, 0.3) is 0 Å². The first kappa shape index (κ1) is 9.20. The van der Waals surface area contributed by atoms with Gasteiger partial charge in [-0.05, 0) is 0 Å². The summed E-state index contributed by atoms with van der Waals surface area (Å²) < 4.78 is 0. The van der Waals surface area contributed by atoms with Gasteiger partial charge in [-0.1, -0.05) is 7.43 Å². The van der Waals surface area contributed by atoms with E-state index in [0.717, 1.165) is 5.23 Å². The minimum absolute atomic E-state index is 0. The highest BCUT2D eigenvalue weighted by atomic mass is 32.1. The first-order valence-corrected chi connectivity index (χ1v) is 0.816. The fourth-order valence-electron chi connectivity index (χ4n) is 0. The van der Waals surface area contributed by atoms with Crippen molar-refractivity contribution in [3.8, 4) is 0 Å². The number of thiocarbonyl (C=S) groups is 1. The standard InChI is InChI=1S/COS.CH4/c2-1-3;/h;1H4. The maximum absolute atomic E-state index is 8.50. The molecular formula is C2H4OS. The minimum atomic E-state index is 0. The molecule has 0 N–H and O–H groups in total. The van der Waals surface area contributed by atoms with Gasteiger partial charge in [0.25, 0.3) is 0 Å². The Balaban J connectivity index is 0. The molecule has 0 aliphatic heterocycles. The fraction of sp³-hybridized carbons (Fsp3) is 0.500. The monoisotopic (exact) mass is 76.0 g/mol. The fourth-order valence-corrected chi connectivity index (χ4v) is 0. The molecule has 0 fully saturated rings. The highest BCUT2D eigenvalue weighted by molar-refractivity contribution is 7.78. The van der Waals surface area contributed by atoms with Crippen LogP contribution in [-0.2, 0) is 4.79 Å². The molecule has 24 valence electrons. The Morgan fingerprint density at radius 1 is 1.75 bits per heavy atom. The normalized spacial score (nSPS) is 2.00. The van der Waals surface area contributed by atoms with Crippen LogP contribution >= 0.6 is 12.2 Å². The minimum Gasteiger partial charge on any atom is -0.220 e. The van der Waals surface area contributed by atoms with Gasteiger partial charge in [-0.15, -0.1) is 0 Å². The Bertz CT molecular complexity index is 27.0. The zero-order valence-electron chi connectivity index (χ0n) is 1.32. The average molecular weight is 76.1 g/mol. The van der Waals surface area contributed by atoms with E-state index in [1.165, 1.54) is 0 Å². The van der Waals surface area contributed by atoms with Crippen LogP contribution in [0.5, 0.6) is 0 Å². The molecule has 4 heavy (non-hydrogen) atoms. The Hall–Kier alpha value is -0.200. The number of hydrogen-bond donors (Lipinski definition) is 0. The van der Waals surface area contributed by atoms with Gasteiger partial charge in [-0.3, -0.25) is 0 Å². The molecule has 0 rings (SSSR count). The van der Waals surface area contributed by atoms with E-state index < -0.39 is 0 Å². The second kappa shape index (κ2) is 14.2. The van der Waals surface area contributed by atoms with Gasteiger partial charge in [-0.2, -0.15) is 0 Å². The zero-order valence-corrected chi connectivity index (χ0v) is 2.13. The lowest BCUT2D eigenvalue weighted by Crippen LogP contribution is -1.08. The average Bonchev–Trinajstić information content (AvgIpc) is 0.918. The Kier molecular flexibility index (Phi) is 32.6. The van der Waals surface area contributed by atoms with Crippen molar-refractivity contribution in [1.82, 2.24) is 0 Å². The maximum Gasteiger partial charge on any atom is 0.202 e. The van der Waals surface area contributed by atoms with Gasteiger partial charge in [0.1, 0.15) is 0 Å². The molecule has 0 atom stereocenters. The van der Waals surface area contributed by atoms with Crippen LogP contribution in [0.15, 0.2) is 0 Å². The molecular weight excluding hydrogens is 72.1 g/mol. The molecule has 0 aliphatic rings. The lowest BCUT2D eigenvalue weighted by atomic mass is 11.9. The van der Waals surface area contributed by atoms with Gasteiger partial charge < -0.3 is 0 Å². The second-order valence-corrected chi connectivity index (χ2v) is 0.250. The third-order valence-corrected chi connectivity index (χ3v) is 0. The molecule has 0 aliphatic carbocycles. The summed E-state index contributed by atoms with van der Waals surface area (Å²) in [5, 5.41) is 1.08. The largest absolute Gasteiger partial charge is 0.220 e. The molecule has 2 heteroatoms. The first-order valence-electron chi connectivity index (χ1n) is 0.408. The van der Waals surface area contributed by atoms with E-state index in [4.69, 9.17) is 4.79 Å². The summed E-state index contributed by atoms with van der Waals surface area (Å²) in [4.78, 5) is 8.50. The van der Waals surface area contributed by atoms with Crippen LogP contribution in [0.3, 0.4) is 0 Å². The van der Waals surface area contributed by atoms with Crippen LogP contribution in [0.4, 0.5) is 0 Å². The van der Waals surface area contributed by atoms with Gasteiger partial charge in [0, 0.05) is 12.2 Å². The molecule has 0 aromatic heterocycles.